The van der Waals surface area contributed by atoms with Crippen molar-refractivity contribution in [2.45, 2.75) is 19.9 Å². The van der Waals surface area contributed by atoms with Crippen LogP contribution in [0.4, 0.5) is 5.82 Å². The minimum Gasteiger partial charge on any atom is -0.377 e. The quantitative estimate of drug-likeness (QED) is 0.673. The van der Waals surface area contributed by atoms with E-state index in [2.05, 4.69) is 21.9 Å². The van der Waals surface area contributed by atoms with Crippen LogP contribution in [0, 0.1) is 0 Å². The molecule has 4 heterocycles. The number of aryl methyl sites for hydroxylation is 1. The summed E-state index contributed by atoms with van der Waals surface area (Å²) in [4.78, 5) is 23.2. The van der Waals surface area contributed by atoms with Crippen LogP contribution >= 0.6 is 0 Å². The molecule has 3 aromatic heterocycles. The molecule has 0 bridgehead atoms. The van der Waals surface area contributed by atoms with Gasteiger partial charge in [0.15, 0.2) is 17.1 Å². The summed E-state index contributed by atoms with van der Waals surface area (Å²) in [6, 6.07) is 4.18. The molecule has 1 aliphatic rings. The summed E-state index contributed by atoms with van der Waals surface area (Å²) in [5.41, 5.74) is 2.78. The van der Waals surface area contributed by atoms with E-state index in [0.717, 1.165) is 23.8 Å². The van der Waals surface area contributed by atoms with Crippen LogP contribution in [0.1, 0.15) is 24.3 Å². The number of Topliss-reactive ketones (excluding diaryl/α,β-unsaturated/α-hetero) is 1. The largest absolute Gasteiger partial charge is 0.377 e. The number of carbonyl (C=O) groups excluding carboxylic acids is 1. The number of fused-ring (bicyclic) bond motifs is 1. The summed E-state index contributed by atoms with van der Waals surface area (Å²) in [6.45, 7) is 5.71. The number of carbonyl (C=O) groups is 1. The second-order valence-electron chi connectivity index (χ2n) is 6.30. The Hall–Kier alpha value is -2.74. The first kappa shape index (κ1) is 15.8. The van der Waals surface area contributed by atoms with E-state index >= 15 is 0 Å². The summed E-state index contributed by atoms with van der Waals surface area (Å²) in [7, 11) is 1.89. The van der Waals surface area contributed by atoms with Gasteiger partial charge < -0.3 is 9.64 Å². The lowest BCUT2D eigenvalue weighted by Gasteiger charge is -2.34. The number of aromatic nitrogens is 5. The number of rotatable bonds is 3. The third kappa shape index (κ3) is 2.58. The van der Waals surface area contributed by atoms with Crippen LogP contribution in [0.5, 0.6) is 0 Å². The average molecular weight is 340 g/mol. The Balaban J connectivity index is 1.96. The van der Waals surface area contributed by atoms with Crippen molar-refractivity contribution in [3.05, 3.63) is 30.4 Å². The van der Waals surface area contributed by atoms with Gasteiger partial charge in [0.05, 0.1) is 30.6 Å². The van der Waals surface area contributed by atoms with Crippen LogP contribution in [0.15, 0.2) is 24.7 Å². The first-order valence-electron chi connectivity index (χ1n) is 8.28. The molecule has 25 heavy (non-hydrogen) atoms. The predicted octanol–water partition coefficient (Wildman–Crippen LogP) is 1.56. The van der Waals surface area contributed by atoms with Gasteiger partial charge in [-0.1, -0.05) is 0 Å². The van der Waals surface area contributed by atoms with Gasteiger partial charge in [0.25, 0.3) is 0 Å². The van der Waals surface area contributed by atoms with Crippen LogP contribution in [-0.2, 0) is 11.8 Å². The van der Waals surface area contributed by atoms with Crippen molar-refractivity contribution in [2.24, 2.45) is 7.05 Å². The third-order valence-corrected chi connectivity index (χ3v) is 4.57. The maximum absolute atomic E-state index is 12.0. The van der Waals surface area contributed by atoms with Crippen LogP contribution < -0.4 is 4.90 Å². The number of ether oxygens (including phenoxy) is 1. The zero-order valence-electron chi connectivity index (χ0n) is 14.5. The molecule has 4 rings (SSSR count). The molecule has 3 aromatic rings. The molecule has 0 aromatic carbocycles. The van der Waals surface area contributed by atoms with Gasteiger partial charge in [0.2, 0.25) is 0 Å². The highest BCUT2D eigenvalue weighted by molar-refractivity contribution is 5.98. The monoisotopic (exact) mass is 340 g/mol. The molecule has 1 unspecified atom stereocenters. The van der Waals surface area contributed by atoms with Gasteiger partial charge in [-0.15, -0.1) is 0 Å². The highest BCUT2D eigenvalue weighted by Gasteiger charge is 2.24. The molecule has 0 N–H and O–H groups in total. The van der Waals surface area contributed by atoms with Crippen molar-refractivity contribution in [1.82, 2.24) is 24.1 Å². The summed E-state index contributed by atoms with van der Waals surface area (Å²) in [6.07, 6.45) is 3.40. The molecular weight excluding hydrogens is 320 g/mol. The lowest BCUT2D eigenvalue weighted by Crippen LogP contribution is -2.44. The maximum Gasteiger partial charge on any atom is 0.182 e. The third-order valence-electron chi connectivity index (χ3n) is 4.57. The minimum absolute atomic E-state index is 0.0990. The van der Waals surface area contributed by atoms with Gasteiger partial charge >= 0.3 is 0 Å². The molecule has 0 aliphatic carbocycles. The van der Waals surface area contributed by atoms with Crippen molar-refractivity contribution < 1.29 is 9.53 Å². The molecule has 1 atom stereocenters. The van der Waals surface area contributed by atoms with Crippen molar-refractivity contribution in [2.75, 3.05) is 24.7 Å². The SMILES string of the molecule is CC(=O)c1ncn2c(-c3ccnn3C)cc(N3CCOCC3C)nc12. The first-order valence-corrected chi connectivity index (χ1v) is 8.28. The van der Waals surface area contributed by atoms with E-state index in [-0.39, 0.29) is 11.8 Å². The number of nitrogens with zero attached hydrogens (tertiary/aromatic N) is 6. The zero-order chi connectivity index (χ0) is 17.6. The Bertz CT molecular complexity index is 944. The fraction of sp³-hybridized carbons (Fsp3) is 0.412. The van der Waals surface area contributed by atoms with Gasteiger partial charge in [-0.05, 0) is 13.0 Å². The summed E-state index contributed by atoms with van der Waals surface area (Å²) >= 11 is 0. The normalized spacial score (nSPS) is 18.0. The van der Waals surface area contributed by atoms with Gasteiger partial charge in [0, 0.05) is 32.8 Å². The van der Waals surface area contributed by atoms with E-state index in [9.17, 15) is 4.79 Å². The van der Waals surface area contributed by atoms with E-state index in [4.69, 9.17) is 9.72 Å². The number of imidazole rings is 1. The van der Waals surface area contributed by atoms with Crippen molar-refractivity contribution in [3.8, 4) is 11.4 Å². The lowest BCUT2D eigenvalue weighted by atomic mass is 10.2. The van der Waals surface area contributed by atoms with Crippen molar-refractivity contribution in [3.63, 3.8) is 0 Å². The number of hydrogen-bond donors (Lipinski definition) is 0. The standard InChI is InChI=1S/C17H20N6O2/c1-11-9-25-7-6-22(11)15-8-14(13-4-5-19-21(13)3)23-10-18-16(12(2)24)17(23)20-15/h4-5,8,10-11H,6-7,9H2,1-3H3. The van der Waals surface area contributed by atoms with E-state index in [1.165, 1.54) is 6.92 Å². The topological polar surface area (TPSA) is 77.6 Å². The molecule has 8 nitrogen and oxygen atoms in total. The molecule has 0 saturated carbocycles. The fourth-order valence-electron chi connectivity index (χ4n) is 3.24. The zero-order valence-corrected chi connectivity index (χ0v) is 14.5. The molecule has 1 saturated heterocycles. The Morgan fingerprint density at radius 3 is 2.88 bits per heavy atom. The molecule has 0 amide bonds. The Morgan fingerprint density at radius 2 is 2.20 bits per heavy atom. The number of hydrogen-bond acceptors (Lipinski definition) is 6. The van der Waals surface area contributed by atoms with E-state index in [1.54, 1.807) is 17.2 Å². The first-order chi connectivity index (χ1) is 12.1. The second kappa shape index (κ2) is 5.96. The Kier molecular flexibility index (Phi) is 3.76. The van der Waals surface area contributed by atoms with E-state index < -0.39 is 0 Å². The molecular formula is C17H20N6O2. The van der Waals surface area contributed by atoms with Gasteiger partial charge in [-0.3, -0.25) is 13.9 Å². The van der Waals surface area contributed by atoms with E-state index in [1.807, 2.05) is 23.6 Å². The summed E-state index contributed by atoms with van der Waals surface area (Å²) in [5, 5.41) is 4.26. The number of anilines is 1. The smallest absolute Gasteiger partial charge is 0.182 e. The van der Waals surface area contributed by atoms with Gasteiger partial charge in [-0.25, -0.2) is 9.97 Å². The van der Waals surface area contributed by atoms with E-state index in [0.29, 0.717) is 24.6 Å². The van der Waals surface area contributed by atoms with Crippen LogP contribution in [0.2, 0.25) is 0 Å². The molecule has 1 fully saturated rings. The number of ketones is 1. The lowest BCUT2D eigenvalue weighted by molar-refractivity contribution is 0.0985. The second-order valence-corrected chi connectivity index (χ2v) is 6.30. The summed E-state index contributed by atoms with van der Waals surface area (Å²) < 4.78 is 9.18. The molecule has 130 valence electrons. The summed E-state index contributed by atoms with van der Waals surface area (Å²) in [5.74, 6) is 0.723. The highest BCUT2D eigenvalue weighted by Crippen LogP contribution is 2.27. The van der Waals surface area contributed by atoms with Crippen molar-refractivity contribution >= 4 is 17.2 Å². The Labute approximate surface area is 145 Å². The molecule has 0 radical (unpaired) electrons. The Morgan fingerprint density at radius 1 is 1.36 bits per heavy atom. The fourth-order valence-corrected chi connectivity index (χ4v) is 3.24. The molecule has 1 aliphatic heterocycles. The van der Waals surface area contributed by atoms with Gasteiger partial charge in [0.1, 0.15) is 12.1 Å². The van der Waals surface area contributed by atoms with Gasteiger partial charge in [-0.2, -0.15) is 5.10 Å². The van der Waals surface area contributed by atoms with Crippen molar-refractivity contribution in [1.29, 1.82) is 0 Å². The highest BCUT2D eigenvalue weighted by atomic mass is 16.5. The number of morpholine rings is 1. The predicted molar refractivity (Wildman–Crippen MR) is 92.8 cm³/mol. The van der Waals surface area contributed by atoms with Crippen LogP contribution in [-0.4, -0.2) is 55.7 Å². The molecule has 8 heteroatoms. The van der Waals surface area contributed by atoms with Crippen LogP contribution in [0.25, 0.3) is 17.0 Å². The van der Waals surface area contributed by atoms with Crippen LogP contribution in [0.3, 0.4) is 0 Å². The average Bonchev–Trinajstić information content (AvgIpc) is 3.20. The maximum atomic E-state index is 12.0. The minimum atomic E-state index is -0.0990. The molecule has 0 spiro atoms.